The molecule has 4 nitrogen and oxygen atoms in total. The first kappa shape index (κ1) is 14.9. The lowest BCUT2D eigenvalue weighted by Crippen LogP contribution is -2.29. The topological polar surface area (TPSA) is 49.9 Å². The van der Waals surface area contributed by atoms with E-state index < -0.39 is 0 Å². The zero-order valence-electron chi connectivity index (χ0n) is 13.4. The van der Waals surface area contributed by atoms with E-state index in [1.54, 1.807) is 12.4 Å². The first-order valence-electron chi connectivity index (χ1n) is 7.63. The highest BCUT2D eigenvalue weighted by atomic mass is 32.1. The molecule has 0 radical (unpaired) electrons. The molecule has 1 N–H and O–H groups in total. The largest absolute Gasteiger partial charge is 0.457 e. The standard InChI is InChI=1S/C19H16N3OS/c1-12-17(14-7-3-4-8-16(14)22(12)2)18(23)15-11-24-19(21-15)13-6-5-9-20-10-13/h3-11,23H,1-2H3/q-1. The molecule has 0 atom stereocenters. The molecule has 0 aliphatic carbocycles. The molecule has 24 heavy (non-hydrogen) atoms. The lowest BCUT2D eigenvalue weighted by Gasteiger charge is -2.22. The molecule has 0 saturated heterocycles. The highest BCUT2D eigenvalue weighted by molar-refractivity contribution is 7.13. The summed E-state index contributed by atoms with van der Waals surface area (Å²) in [5.74, 6) is 0. The average molecular weight is 334 g/mol. The minimum atomic E-state index is 0.218. The molecule has 5 heteroatoms. The summed E-state index contributed by atoms with van der Waals surface area (Å²) >= 11 is 1.50. The molecule has 0 bridgehead atoms. The van der Waals surface area contributed by atoms with Gasteiger partial charge in [-0.3, -0.25) is 9.55 Å². The van der Waals surface area contributed by atoms with Crippen LogP contribution in [-0.2, 0) is 7.05 Å². The quantitative estimate of drug-likeness (QED) is 0.354. The number of hydrogen-bond acceptors (Lipinski definition) is 3. The van der Waals surface area contributed by atoms with Crippen LogP contribution >= 0.6 is 11.3 Å². The smallest absolute Gasteiger partial charge is 0.249 e. The Hall–Kier alpha value is -2.63. The monoisotopic (exact) mass is 334 g/mol. The van der Waals surface area contributed by atoms with E-state index in [2.05, 4.69) is 20.6 Å². The summed E-state index contributed by atoms with van der Waals surface area (Å²) in [5.41, 5.74) is 4.51. The second-order valence-corrected chi connectivity index (χ2v) is 6.52. The first-order chi connectivity index (χ1) is 11.7. The molecule has 4 aromatic rings. The van der Waals surface area contributed by atoms with E-state index >= 15 is 0 Å². The van der Waals surface area contributed by atoms with Crippen LogP contribution in [0.25, 0.3) is 21.5 Å². The fourth-order valence-electron chi connectivity index (χ4n) is 2.95. The molecule has 0 aliphatic heterocycles. The fourth-order valence-corrected chi connectivity index (χ4v) is 3.75. The third-order valence-corrected chi connectivity index (χ3v) is 5.18. The van der Waals surface area contributed by atoms with Crippen LogP contribution in [-0.4, -0.2) is 15.1 Å². The highest BCUT2D eigenvalue weighted by Crippen LogP contribution is 2.32. The van der Waals surface area contributed by atoms with Gasteiger partial charge in [0, 0.05) is 11.9 Å². The Kier molecular flexibility index (Phi) is 3.59. The summed E-state index contributed by atoms with van der Waals surface area (Å²) in [6, 6.07) is 11.9. The minimum absolute atomic E-state index is 0.218. The first-order valence-corrected chi connectivity index (χ1v) is 8.51. The van der Waals surface area contributed by atoms with Crippen molar-refractivity contribution in [3.63, 3.8) is 0 Å². The van der Waals surface area contributed by atoms with E-state index in [-0.39, 0.29) is 6.10 Å². The summed E-state index contributed by atoms with van der Waals surface area (Å²) in [7, 11) is 2.01. The Labute approximate surface area is 144 Å². The second-order valence-electron chi connectivity index (χ2n) is 5.66. The number of benzene rings is 1. The number of nitrogens with zero attached hydrogens (tertiary/aromatic N) is 3. The van der Waals surface area contributed by atoms with Gasteiger partial charge in [0.1, 0.15) is 17.9 Å². The lowest BCUT2D eigenvalue weighted by atomic mass is 10.0. The van der Waals surface area contributed by atoms with E-state index in [1.165, 1.54) is 11.3 Å². The fraction of sp³-hybridized carbons (Fsp3) is 0.105. The Morgan fingerprint density at radius 3 is 2.92 bits per heavy atom. The van der Waals surface area contributed by atoms with Crippen LogP contribution in [0.15, 0.2) is 54.2 Å². The molecular formula is C19H16N3OS-. The number of fused-ring (bicyclic) bond motifs is 1. The van der Waals surface area contributed by atoms with E-state index in [4.69, 9.17) is 0 Å². The number of aliphatic hydroxyl groups is 1. The van der Waals surface area contributed by atoms with Crippen molar-refractivity contribution in [1.82, 2.24) is 9.97 Å². The van der Waals surface area contributed by atoms with Gasteiger partial charge in [-0.2, -0.15) is 5.56 Å². The van der Waals surface area contributed by atoms with Crippen LogP contribution in [0.4, 0.5) is 0 Å². The molecular weight excluding hydrogens is 318 g/mol. The van der Waals surface area contributed by atoms with Crippen molar-refractivity contribution in [1.29, 1.82) is 0 Å². The predicted molar refractivity (Wildman–Crippen MR) is 94.2 cm³/mol. The second kappa shape index (κ2) is 5.78. The Bertz CT molecular complexity index is 1000. The number of para-hydroxylation sites is 1. The van der Waals surface area contributed by atoms with Crippen LogP contribution in [0.5, 0.6) is 0 Å². The van der Waals surface area contributed by atoms with E-state index in [0.717, 1.165) is 32.7 Å². The Balaban J connectivity index is 1.79. The summed E-state index contributed by atoms with van der Waals surface area (Å²) in [4.78, 5) is 8.72. The summed E-state index contributed by atoms with van der Waals surface area (Å²) in [6.07, 6.45) is 3.74. The summed E-state index contributed by atoms with van der Waals surface area (Å²) in [5, 5.41) is 14.6. The van der Waals surface area contributed by atoms with Crippen LogP contribution in [0.2, 0.25) is 0 Å². The minimum Gasteiger partial charge on any atom is -0.457 e. The zero-order valence-corrected chi connectivity index (χ0v) is 14.2. The predicted octanol–water partition coefficient (Wildman–Crippen LogP) is 3.51. The van der Waals surface area contributed by atoms with Crippen molar-refractivity contribution in [3.8, 4) is 10.6 Å². The van der Waals surface area contributed by atoms with Gasteiger partial charge >= 0.3 is 0 Å². The molecule has 4 rings (SSSR count). The van der Waals surface area contributed by atoms with Crippen LogP contribution in [0, 0.1) is 13.0 Å². The van der Waals surface area contributed by atoms with E-state index in [9.17, 15) is 5.11 Å². The van der Waals surface area contributed by atoms with Crippen molar-refractivity contribution in [2.24, 2.45) is 7.05 Å². The van der Waals surface area contributed by atoms with Gasteiger partial charge in [0.05, 0.1) is 0 Å². The number of pyridine rings is 1. The average Bonchev–Trinajstić information content (AvgIpc) is 3.20. The SMILES string of the molecule is Cc1c([C-](O)c2c[s+][c-](-c3cccnc3)n2)[c-]2ccccc2[n+]1C. The van der Waals surface area contributed by atoms with E-state index in [1.807, 2.05) is 49.7 Å². The molecule has 0 aliphatic rings. The van der Waals surface area contributed by atoms with Crippen LogP contribution < -0.4 is 4.57 Å². The lowest BCUT2D eigenvalue weighted by molar-refractivity contribution is -0.649. The summed E-state index contributed by atoms with van der Waals surface area (Å²) in [6.45, 7) is 2.01. The van der Waals surface area contributed by atoms with Gasteiger partial charge in [-0.1, -0.05) is 24.3 Å². The van der Waals surface area contributed by atoms with Gasteiger partial charge < -0.3 is 10.1 Å². The van der Waals surface area contributed by atoms with Crippen LogP contribution in [0.1, 0.15) is 17.0 Å². The molecule has 0 unspecified atom stereocenters. The van der Waals surface area contributed by atoms with Gasteiger partial charge in [-0.15, -0.1) is 17.5 Å². The van der Waals surface area contributed by atoms with Gasteiger partial charge in [0.25, 0.3) is 0 Å². The van der Waals surface area contributed by atoms with Gasteiger partial charge in [-0.05, 0) is 30.4 Å². The van der Waals surface area contributed by atoms with Crippen molar-refractivity contribution >= 4 is 22.2 Å². The number of aromatic nitrogens is 3. The van der Waals surface area contributed by atoms with Gasteiger partial charge in [0.15, 0.2) is 11.3 Å². The van der Waals surface area contributed by atoms with Gasteiger partial charge in [0.2, 0.25) is 5.01 Å². The van der Waals surface area contributed by atoms with Crippen molar-refractivity contribution in [2.45, 2.75) is 6.92 Å². The maximum Gasteiger partial charge on any atom is 0.249 e. The molecule has 0 amide bonds. The molecule has 0 saturated carbocycles. The summed E-state index contributed by atoms with van der Waals surface area (Å²) < 4.78 is 2.09. The van der Waals surface area contributed by atoms with Crippen molar-refractivity contribution in [2.75, 3.05) is 0 Å². The van der Waals surface area contributed by atoms with Gasteiger partial charge in [-0.25, -0.2) is 0 Å². The molecule has 0 fully saturated rings. The number of hydrogen-bond donors (Lipinski definition) is 1. The number of thiazole rings is 1. The highest BCUT2D eigenvalue weighted by Gasteiger charge is 2.15. The Morgan fingerprint density at radius 1 is 1.25 bits per heavy atom. The third-order valence-electron chi connectivity index (χ3n) is 4.29. The normalized spacial score (nSPS) is 11.1. The molecule has 120 valence electrons. The zero-order chi connectivity index (χ0) is 16.7. The van der Waals surface area contributed by atoms with Crippen molar-refractivity contribution in [3.05, 3.63) is 77.2 Å². The third kappa shape index (κ3) is 2.29. The number of aliphatic hydroxyl groups excluding tert-OH is 1. The molecule has 1 aromatic carbocycles. The van der Waals surface area contributed by atoms with E-state index in [0.29, 0.717) is 5.69 Å². The maximum atomic E-state index is 10.9. The van der Waals surface area contributed by atoms with Crippen molar-refractivity contribution < 1.29 is 9.67 Å². The number of aryl methyl sites for hydroxylation is 1. The molecule has 3 aromatic heterocycles. The Morgan fingerprint density at radius 2 is 2.12 bits per heavy atom. The molecule has 3 heterocycles. The molecule has 0 spiro atoms. The van der Waals surface area contributed by atoms with Crippen LogP contribution in [0.3, 0.4) is 0 Å². The maximum absolute atomic E-state index is 10.9. The number of rotatable bonds is 3.